The fourth-order valence-corrected chi connectivity index (χ4v) is 2.43. The molecule has 1 aromatic heterocycles. The van der Waals surface area contributed by atoms with E-state index in [0.29, 0.717) is 0 Å². The smallest absolute Gasteiger partial charge is 0.127 e. The van der Waals surface area contributed by atoms with Crippen LogP contribution in [0.15, 0.2) is 35.1 Å². The average molecular weight is 323 g/mol. The molecule has 0 saturated carbocycles. The number of anilines is 1. The summed E-state index contributed by atoms with van der Waals surface area (Å²) < 4.78 is 3.08. The molecule has 0 aliphatic carbocycles. The standard InChI is InChI=1S/C14H19BrN4/c1-10(16)12-5-4-11(15)8-13(12)19(3)9-14-17-6-7-18(14)2/h4-8,10H,9,16H2,1-3H3. The Bertz CT molecular complexity index is 562. The minimum Gasteiger partial charge on any atom is -0.367 e. The SMILES string of the molecule is CC(N)c1ccc(Br)cc1N(C)Cc1nccn1C. The second-order valence-electron chi connectivity index (χ2n) is 4.80. The van der Waals surface area contributed by atoms with E-state index in [1.165, 1.54) is 0 Å². The molecule has 0 fully saturated rings. The van der Waals surface area contributed by atoms with E-state index in [1.54, 1.807) is 0 Å². The van der Waals surface area contributed by atoms with Crippen molar-refractivity contribution in [2.45, 2.75) is 19.5 Å². The first-order valence-electron chi connectivity index (χ1n) is 6.21. The van der Waals surface area contributed by atoms with Crippen LogP contribution >= 0.6 is 15.9 Å². The molecule has 0 aliphatic rings. The lowest BCUT2D eigenvalue weighted by Gasteiger charge is -2.24. The summed E-state index contributed by atoms with van der Waals surface area (Å²) in [6.45, 7) is 2.75. The van der Waals surface area contributed by atoms with Crippen LogP contribution < -0.4 is 10.6 Å². The largest absolute Gasteiger partial charge is 0.367 e. The lowest BCUT2D eigenvalue weighted by Crippen LogP contribution is -2.22. The Hall–Kier alpha value is -1.33. The molecule has 19 heavy (non-hydrogen) atoms. The third kappa shape index (κ3) is 3.16. The van der Waals surface area contributed by atoms with Gasteiger partial charge in [0.2, 0.25) is 0 Å². The van der Waals surface area contributed by atoms with E-state index in [0.717, 1.165) is 28.1 Å². The van der Waals surface area contributed by atoms with E-state index in [1.807, 2.05) is 37.0 Å². The summed E-state index contributed by atoms with van der Waals surface area (Å²) in [5, 5.41) is 0. The van der Waals surface area contributed by atoms with Crippen LogP contribution in [0.5, 0.6) is 0 Å². The molecular weight excluding hydrogens is 304 g/mol. The Balaban J connectivity index is 2.30. The summed E-state index contributed by atoms with van der Waals surface area (Å²) in [4.78, 5) is 6.53. The Morgan fingerprint density at radius 1 is 1.47 bits per heavy atom. The number of rotatable bonds is 4. The van der Waals surface area contributed by atoms with Crippen LogP contribution in [0.1, 0.15) is 24.4 Å². The number of aromatic nitrogens is 2. The lowest BCUT2D eigenvalue weighted by molar-refractivity contribution is 0.748. The number of halogens is 1. The normalized spacial score (nSPS) is 12.5. The Labute approximate surface area is 122 Å². The van der Waals surface area contributed by atoms with Crippen molar-refractivity contribution < 1.29 is 0 Å². The van der Waals surface area contributed by atoms with E-state index in [9.17, 15) is 0 Å². The average Bonchev–Trinajstić information content (AvgIpc) is 2.74. The Kier molecular flexibility index (Phi) is 4.27. The van der Waals surface area contributed by atoms with Gasteiger partial charge in [-0.3, -0.25) is 0 Å². The van der Waals surface area contributed by atoms with Gasteiger partial charge in [-0.05, 0) is 24.6 Å². The zero-order chi connectivity index (χ0) is 14.0. The van der Waals surface area contributed by atoms with E-state index >= 15 is 0 Å². The zero-order valence-electron chi connectivity index (χ0n) is 11.5. The summed E-state index contributed by atoms with van der Waals surface area (Å²) in [5.74, 6) is 1.03. The third-order valence-electron chi connectivity index (χ3n) is 3.19. The van der Waals surface area contributed by atoms with Crippen molar-refractivity contribution >= 4 is 21.6 Å². The maximum atomic E-state index is 6.04. The van der Waals surface area contributed by atoms with Gasteiger partial charge in [-0.2, -0.15) is 0 Å². The minimum atomic E-state index is 0.00641. The molecule has 2 N–H and O–H groups in total. The Morgan fingerprint density at radius 2 is 2.21 bits per heavy atom. The van der Waals surface area contributed by atoms with Crippen molar-refractivity contribution in [3.05, 3.63) is 46.5 Å². The predicted molar refractivity (Wildman–Crippen MR) is 82.1 cm³/mol. The van der Waals surface area contributed by atoms with Crippen LogP contribution in [0.2, 0.25) is 0 Å². The summed E-state index contributed by atoms with van der Waals surface area (Å²) in [5.41, 5.74) is 8.31. The highest BCUT2D eigenvalue weighted by Crippen LogP contribution is 2.28. The molecule has 1 heterocycles. The van der Waals surface area contributed by atoms with Crippen LogP contribution in [0.25, 0.3) is 0 Å². The first kappa shape index (κ1) is 14.1. The van der Waals surface area contributed by atoms with E-state index in [4.69, 9.17) is 5.73 Å². The van der Waals surface area contributed by atoms with E-state index in [-0.39, 0.29) is 6.04 Å². The number of imidazole rings is 1. The van der Waals surface area contributed by atoms with Crippen LogP contribution in [0, 0.1) is 0 Å². The quantitative estimate of drug-likeness (QED) is 0.941. The fourth-order valence-electron chi connectivity index (χ4n) is 2.08. The third-order valence-corrected chi connectivity index (χ3v) is 3.69. The van der Waals surface area contributed by atoms with Crippen LogP contribution in [-0.2, 0) is 13.6 Å². The van der Waals surface area contributed by atoms with Gasteiger partial charge in [0, 0.05) is 42.7 Å². The van der Waals surface area contributed by atoms with Gasteiger partial charge in [0.15, 0.2) is 0 Å². The Morgan fingerprint density at radius 3 is 2.79 bits per heavy atom. The predicted octanol–water partition coefficient (Wildman–Crippen LogP) is 2.84. The van der Waals surface area contributed by atoms with Gasteiger partial charge in [0.25, 0.3) is 0 Å². The molecule has 0 saturated heterocycles. The van der Waals surface area contributed by atoms with Gasteiger partial charge >= 0.3 is 0 Å². The van der Waals surface area contributed by atoms with Crippen LogP contribution in [0.3, 0.4) is 0 Å². The molecule has 1 unspecified atom stereocenters. The summed E-state index contributed by atoms with van der Waals surface area (Å²) in [6, 6.07) is 6.20. The van der Waals surface area contributed by atoms with Crippen LogP contribution in [-0.4, -0.2) is 16.6 Å². The van der Waals surface area contributed by atoms with Gasteiger partial charge in [0.05, 0.1) is 6.54 Å². The van der Waals surface area contributed by atoms with E-state index < -0.39 is 0 Å². The monoisotopic (exact) mass is 322 g/mol. The molecule has 5 heteroatoms. The van der Waals surface area contributed by atoms with Gasteiger partial charge < -0.3 is 15.2 Å². The summed E-state index contributed by atoms with van der Waals surface area (Å²) in [7, 11) is 4.06. The number of hydrogen-bond donors (Lipinski definition) is 1. The molecule has 102 valence electrons. The maximum Gasteiger partial charge on any atom is 0.127 e. The molecule has 4 nitrogen and oxygen atoms in total. The second kappa shape index (κ2) is 5.75. The van der Waals surface area contributed by atoms with Gasteiger partial charge in [-0.25, -0.2) is 4.98 Å². The molecule has 1 aromatic carbocycles. The topological polar surface area (TPSA) is 47.1 Å². The second-order valence-corrected chi connectivity index (χ2v) is 5.72. The highest BCUT2D eigenvalue weighted by atomic mass is 79.9. The van der Waals surface area contributed by atoms with Crippen molar-refractivity contribution in [1.82, 2.24) is 9.55 Å². The van der Waals surface area contributed by atoms with Crippen molar-refractivity contribution in [2.24, 2.45) is 12.8 Å². The molecule has 0 aliphatic heterocycles. The van der Waals surface area contributed by atoms with Gasteiger partial charge in [0.1, 0.15) is 5.82 Å². The number of nitrogens with zero attached hydrogens (tertiary/aromatic N) is 3. The highest BCUT2D eigenvalue weighted by molar-refractivity contribution is 9.10. The van der Waals surface area contributed by atoms with Gasteiger partial charge in [-0.15, -0.1) is 0 Å². The van der Waals surface area contributed by atoms with Crippen molar-refractivity contribution in [1.29, 1.82) is 0 Å². The maximum absolute atomic E-state index is 6.04. The van der Waals surface area contributed by atoms with E-state index in [2.05, 4.69) is 45.0 Å². The first-order valence-corrected chi connectivity index (χ1v) is 7.00. The minimum absolute atomic E-state index is 0.00641. The first-order chi connectivity index (χ1) is 8.99. The molecule has 2 rings (SSSR count). The van der Waals surface area contributed by atoms with Gasteiger partial charge in [-0.1, -0.05) is 22.0 Å². The zero-order valence-corrected chi connectivity index (χ0v) is 13.1. The summed E-state index contributed by atoms with van der Waals surface area (Å²) >= 11 is 3.52. The van der Waals surface area contributed by atoms with Crippen molar-refractivity contribution in [2.75, 3.05) is 11.9 Å². The number of nitrogens with two attached hydrogens (primary N) is 1. The molecular formula is C14H19BrN4. The summed E-state index contributed by atoms with van der Waals surface area (Å²) in [6.07, 6.45) is 3.77. The molecule has 0 radical (unpaired) electrons. The molecule has 0 amide bonds. The molecule has 0 bridgehead atoms. The molecule has 1 atom stereocenters. The lowest BCUT2D eigenvalue weighted by atomic mass is 10.1. The molecule has 0 spiro atoms. The van der Waals surface area contributed by atoms with Crippen LogP contribution in [0.4, 0.5) is 5.69 Å². The van der Waals surface area contributed by atoms with Crippen molar-refractivity contribution in [3.8, 4) is 0 Å². The molecule has 2 aromatic rings. The number of benzene rings is 1. The number of aryl methyl sites for hydroxylation is 1. The number of hydrogen-bond acceptors (Lipinski definition) is 3. The van der Waals surface area contributed by atoms with Crippen molar-refractivity contribution in [3.63, 3.8) is 0 Å². The fraction of sp³-hybridized carbons (Fsp3) is 0.357. The highest BCUT2D eigenvalue weighted by Gasteiger charge is 2.13.